The fourth-order valence-electron chi connectivity index (χ4n) is 2.29. The Hall–Kier alpha value is -1.33. The molecular formula is C15H16BrClN2O2. The van der Waals surface area contributed by atoms with E-state index >= 15 is 0 Å². The van der Waals surface area contributed by atoms with Crippen molar-refractivity contribution in [2.45, 2.75) is 19.8 Å². The van der Waals surface area contributed by atoms with Crippen LogP contribution in [0.3, 0.4) is 0 Å². The van der Waals surface area contributed by atoms with Crippen LogP contribution in [0.1, 0.15) is 17.0 Å². The molecular weight excluding hydrogens is 356 g/mol. The summed E-state index contributed by atoms with van der Waals surface area (Å²) in [4.78, 5) is 11.5. The predicted molar refractivity (Wildman–Crippen MR) is 85.6 cm³/mol. The maximum atomic E-state index is 11.5. The average Bonchev–Trinajstić information content (AvgIpc) is 2.66. The van der Waals surface area contributed by atoms with Crippen LogP contribution in [-0.2, 0) is 24.7 Å². The van der Waals surface area contributed by atoms with E-state index in [-0.39, 0.29) is 0 Å². The zero-order chi connectivity index (χ0) is 15.6. The normalized spacial score (nSPS) is 12.4. The van der Waals surface area contributed by atoms with Crippen molar-refractivity contribution < 1.29 is 9.90 Å². The molecule has 6 heteroatoms. The topological polar surface area (TPSA) is 55.1 Å². The largest absolute Gasteiger partial charge is 0.481 e. The van der Waals surface area contributed by atoms with Gasteiger partial charge in [0.2, 0.25) is 0 Å². The lowest BCUT2D eigenvalue weighted by atomic mass is 9.94. The minimum atomic E-state index is -0.826. The average molecular weight is 372 g/mol. The van der Waals surface area contributed by atoms with Gasteiger partial charge in [-0.05, 0) is 31.0 Å². The van der Waals surface area contributed by atoms with Gasteiger partial charge in [0, 0.05) is 17.9 Å². The minimum absolute atomic E-state index is 0.363. The number of hydrogen-bond donors (Lipinski definition) is 1. The molecule has 0 spiro atoms. The SMILES string of the molecule is Cc1nn(C)c(CC(Cc2ccc(Br)cc2)C(=O)O)c1Cl. The molecule has 0 saturated carbocycles. The summed E-state index contributed by atoms with van der Waals surface area (Å²) in [6.45, 7) is 1.82. The Morgan fingerprint density at radius 1 is 1.38 bits per heavy atom. The fraction of sp³-hybridized carbons (Fsp3) is 0.333. The van der Waals surface area contributed by atoms with Crippen LogP contribution in [0.2, 0.25) is 5.02 Å². The van der Waals surface area contributed by atoms with Gasteiger partial charge in [-0.25, -0.2) is 0 Å². The third-order valence-electron chi connectivity index (χ3n) is 3.45. The summed E-state index contributed by atoms with van der Waals surface area (Å²) in [5.74, 6) is -1.36. The van der Waals surface area contributed by atoms with E-state index in [9.17, 15) is 9.90 Å². The molecule has 21 heavy (non-hydrogen) atoms. The van der Waals surface area contributed by atoms with Crippen molar-refractivity contribution in [1.29, 1.82) is 0 Å². The number of hydrogen-bond acceptors (Lipinski definition) is 2. The molecule has 1 heterocycles. The summed E-state index contributed by atoms with van der Waals surface area (Å²) in [6.07, 6.45) is 0.824. The molecule has 1 aromatic carbocycles. The zero-order valence-electron chi connectivity index (χ0n) is 11.8. The Morgan fingerprint density at radius 2 is 2.00 bits per heavy atom. The van der Waals surface area contributed by atoms with Crippen LogP contribution in [0, 0.1) is 12.8 Å². The standard InChI is InChI=1S/C15H16BrClN2O2/c1-9-14(17)13(19(2)18-9)8-11(15(20)21)7-10-3-5-12(16)6-4-10/h3-6,11H,7-8H2,1-2H3,(H,20,21). The number of carboxylic acid groups (broad SMARTS) is 1. The number of aliphatic carboxylic acids is 1. The molecule has 2 aromatic rings. The van der Waals surface area contributed by atoms with Gasteiger partial charge < -0.3 is 5.11 Å². The van der Waals surface area contributed by atoms with Crippen LogP contribution in [0.4, 0.5) is 0 Å². The molecule has 4 nitrogen and oxygen atoms in total. The molecule has 1 atom stereocenters. The second-order valence-corrected chi connectivity index (χ2v) is 6.33. The van der Waals surface area contributed by atoms with Crippen LogP contribution < -0.4 is 0 Å². The maximum absolute atomic E-state index is 11.5. The minimum Gasteiger partial charge on any atom is -0.481 e. The Morgan fingerprint density at radius 3 is 2.48 bits per heavy atom. The number of rotatable bonds is 5. The van der Waals surface area contributed by atoms with Gasteiger partial charge in [-0.3, -0.25) is 9.48 Å². The molecule has 1 N–H and O–H groups in total. The Bertz CT molecular complexity index is 652. The third-order valence-corrected chi connectivity index (χ3v) is 4.47. The molecule has 0 bridgehead atoms. The smallest absolute Gasteiger partial charge is 0.307 e. The number of nitrogens with zero attached hydrogens (tertiary/aromatic N) is 2. The van der Waals surface area contributed by atoms with Crippen LogP contribution in [-0.4, -0.2) is 20.9 Å². The molecule has 112 valence electrons. The Labute approximate surface area is 136 Å². The summed E-state index contributed by atoms with van der Waals surface area (Å²) in [7, 11) is 1.78. The van der Waals surface area contributed by atoms with E-state index in [4.69, 9.17) is 11.6 Å². The highest BCUT2D eigenvalue weighted by Gasteiger charge is 2.23. The van der Waals surface area contributed by atoms with Gasteiger partial charge in [-0.15, -0.1) is 0 Å². The first-order valence-corrected chi connectivity index (χ1v) is 7.70. The number of aryl methyl sites for hydroxylation is 2. The highest BCUT2D eigenvalue weighted by molar-refractivity contribution is 9.10. The molecule has 2 rings (SSSR count). The van der Waals surface area contributed by atoms with Crippen LogP contribution in [0.15, 0.2) is 28.7 Å². The van der Waals surface area contributed by atoms with Crippen molar-refractivity contribution in [3.8, 4) is 0 Å². The predicted octanol–water partition coefficient (Wildman–Crippen LogP) is 3.63. The van der Waals surface area contributed by atoms with E-state index in [0.29, 0.717) is 17.9 Å². The van der Waals surface area contributed by atoms with E-state index in [2.05, 4.69) is 21.0 Å². The van der Waals surface area contributed by atoms with Crippen molar-refractivity contribution in [2.24, 2.45) is 13.0 Å². The van der Waals surface area contributed by atoms with Crippen molar-refractivity contribution >= 4 is 33.5 Å². The van der Waals surface area contributed by atoms with Crippen LogP contribution in [0.25, 0.3) is 0 Å². The maximum Gasteiger partial charge on any atom is 0.307 e. The monoisotopic (exact) mass is 370 g/mol. The first kappa shape index (κ1) is 16.0. The molecule has 0 radical (unpaired) electrons. The zero-order valence-corrected chi connectivity index (χ0v) is 14.1. The molecule has 0 fully saturated rings. The van der Waals surface area contributed by atoms with Crippen molar-refractivity contribution in [2.75, 3.05) is 0 Å². The summed E-state index contributed by atoms with van der Waals surface area (Å²) in [5, 5.41) is 14.2. The van der Waals surface area contributed by atoms with Gasteiger partial charge >= 0.3 is 5.97 Å². The molecule has 0 aliphatic heterocycles. The van der Waals surface area contributed by atoms with Crippen LogP contribution in [0.5, 0.6) is 0 Å². The van der Waals surface area contributed by atoms with E-state index in [1.807, 2.05) is 31.2 Å². The van der Waals surface area contributed by atoms with Crippen molar-refractivity contribution in [1.82, 2.24) is 9.78 Å². The van der Waals surface area contributed by atoms with Gasteiger partial charge in [0.15, 0.2) is 0 Å². The highest BCUT2D eigenvalue weighted by Crippen LogP contribution is 2.24. The highest BCUT2D eigenvalue weighted by atomic mass is 79.9. The number of aromatic nitrogens is 2. The molecule has 0 aliphatic carbocycles. The van der Waals surface area contributed by atoms with E-state index < -0.39 is 11.9 Å². The fourth-order valence-corrected chi connectivity index (χ4v) is 2.79. The van der Waals surface area contributed by atoms with Gasteiger partial charge in [0.1, 0.15) is 0 Å². The van der Waals surface area contributed by atoms with Crippen LogP contribution >= 0.6 is 27.5 Å². The number of carboxylic acids is 1. The van der Waals surface area contributed by atoms with E-state index in [1.165, 1.54) is 0 Å². The first-order chi connectivity index (χ1) is 9.88. The number of halogens is 2. The van der Waals surface area contributed by atoms with Crippen molar-refractivity contribution in [3.63, 3.8) is 0 Å². The lowest BCUT2D eigenvalue weighted by Gasteiger charge is -2.13. The lowest BCUT2D eigenvalue weighted by Crippen LogP contribution is -2.20. The second-order valence-electron chi connectivity index (χ2n) is 5.04. The lowest BCUT2D eigenvalue weighted by molar-refractivity contribution is -0.141. The quantitative estimate of drug-likeness (QED) is 0.873. The number of benzene rings is 1. The number of carbonyl (C=O) groups is 1. The van der Waals surface area contributed by atoms with E-state index in [0.717, 1.165) is 21.4 Å². The summed E-state index contributed by atoms with van der Waals surface area (Å²) in [6, 6.07) is 7.68. The van der Waals surface area contributed by atoms with Gasteiger partial charge in [0.05, 0.1) is 22.3 Å². The Kier molecular flexibility index (Phi) is 5.06. The van der Waals surface area contributed by atoms with Gasteiger partial charge in [0.25, 0.3) is 0 Å². The first-order valence-electron chi connectivity index (χ1n) is 6.53. The Balaban J connectivity index is 2.20. The molecule has 0 saturated heterocycles. The molecule has 0 aliphatic rings. The van der Waals surface area contributed by atoms with E-state index in [1.54, 1.807) is 11.7 Å². The molecule has 1 aromatic heterocycles. The van der Waals surface area contributed by atoms with Gasteiger partial charge in [-0.2, -0.15) is 5.10 Å². The summed E-state index contributed by atoms with van der Waals surface area (Å²) < 4.78 is 2.64. The second kappa shape index (κ2) is 6.62. The van der Waals surface area contributed by atoms with Crippen molar-refractivity contribution in [3.05, 3.63) is 50.7 Å². The molecule has 1 unspecified atom stereocenters. The summed E-state index contributed by atoms with van der Waals surface area (Å²) in [5.41, 5.74) is 2.47. The molecule has 0 amide bonds. The third kappa shape index (κ3) is 3.86. The van der Waals surface area contributed by atoms with Gasteiger partial charge in [-0.1, -0.05) is 39.7 Å². The summed E-state index contributed by atoms with van der Waals surface area (Å²) >= 11 is 9.57.